The molecular formula is C20H16ClF2N3O2. The summed E-state index contributed by atoms with van der Waals surface area (Å²) in [4.78, 5) is 12.9. The average molecular weight is 404 g/mol. The van der Waals surface area contributed by atoms with Crippen molar-refractivity contribution in [3.05, 3.63) is 70.0 Å². The van der Waals surface area contributed by atoms with E-state index in [1.54, 1.807) is 18.2 Å². The van der Waals surface area contributed by atoms with Gasteiger partial charge in [0.1, 0.15) is 5.75 Å². The van der Waals surface area contributed by atoms with E-state index in [1.807, 2.05) is 0 Å². The smallest absolute Gasteiger partial charge is 0.276 e. The molecule has 0 saturated heterocycles. The molecule has 0 fully saturated rings. The summed E-state index contributed by atoms with van der Waals surface area (Å²) in [5, 5.41) is 7.62. The minimum absolute atomic E-state index is 0.249. The number of ether oxygens (including phenoxy) is 1. The van der Waals surface area contributed by atoms with Gasteiger partial charge < -0.3 is 10.1 Å². The number of carbonyl (C=O) groups excluding carboxylic acids is 1. The first-order valence-electron chi connectivity index (χ1n) is 8.69. The van der Waals surface area contributed by atoms with Crippen LogP contribution in [-0.2, 0) is 12.8 Å². The van der Waals surface area contributed by atoms with Gasteiger partial charge in [0.2, 0.25) is 0 Å². The molecule has 1 aliphatic carbocycles. The summed E-state index contributed by atoms with van der Waals surface area (Å²) >= 11 is 6.02. The molecule has 1 aliphatic rings. The van der Waals surface area contributed by atoms with Crippen LogP contribution in [0.4, 0.5) is 14.5 Å². The molecule has 0 radical (unpaired) electrons. The Hall–Kier alpha value is -2.93. The molecule has 0 saturated carbocycles. The summed E-state index contributed by atoms with van der Waals surface area (Å²) in [7, 11) is 1.49. The SMILES string of the molecule is COc1ccc(Cl)cc1NC(=O)c1nn(-c2ccc(F)c(F)c2)c2c1CCC2. The van der Waals surface area contributed by atoms with Crippen molar-refractivity contribution in [2.45, 2.75) is 19.3 Å². The van der Waals surface area contributed by atoms with Crippen molar-refractivity contribution in [1.82, 2.24) is 9.78 Å². The fraction of sp³-hybridized carbons (Fsp3) is 0.200. The van der Waals surface area contributed by atoms with Crippen molar-refractivity contribution in [3.8, 4) is 11.4 Å². The van der Waals surface area contributed by atoms with Crippen LogP contribution in [0.3, 0.4) is 0 Å². The number of benzene rings is 2. The lowest BCUT2D eigenvalue weighted by Crippen LogP contribution is -2.15. The van der Waals surface area contributed by atoms with Gasteiger partial charge in [0.25, 0.3) is 5.91 Å². The molecule has 0 aliphatic heterocycles. The Morgan fingerprint density at radius 1 is 1.18 bits per heavy atom. The third kappa shape index (κ3) is 3.22. The summed E-state index contributed by atoms with van der Waals surface area (Å²) in [5.41, 5.74) is 2.68. The molecule has 144 valence electrons. The van der Waals surface area contributed by atoms with Crippen LogP contribution in [-0.4, -0.2) is 22.8 Å². The van der Waals surface area contributed by atoms with Crippen molar-refractivity contribution < 1.29 is 18.3 Å². The minimum atomic E-state index is -0.964. The quantitative estimate of drug-likeness (QED) is 0.695. The van der Waals surface area contributed by atoms with Crippen LogP contribution in [0.2, 0.25) is 5.02 Å². The summed E-state index contributed by atoms with van der Waals surface area (Å²) in [6, 6.07) is 8.46. The third-order valence-corrected chi connectivity index (χ3v) is 4.94. The van der Waals surface area contributed by atoms with Crippen LogP contribution in [0, 0.1) is 11.6 Å². The first kappa shape index (κ1) is 18.4. The number of hydrogen-bond donors (Lipinski definition) is 1. The number of amides is 1. The Labute approximate surface area is 164 Å². The van der Waals surface area contributed by atoms with E-state index in [4.69, 9.17) is 16.3 Å². The van der Waals surface area contributed by atoms with Crippen LogP contribution in [0.15, 0.2) is 36.4 Å². The topological polar surface area (TPSA) is 56.1 Å². The fourth-order valence-electron chi connectivity index (χ4n) is 3.41. The van der Waals surface area contributed by atoms with E-state index < -0.39 is 17.5 Å². The second kappa shape index (κ2) is 7.24. The first-order chi connectivity index (χ1) is 13.5. The maximum atomic E-state index is 13.7. The molecule has 1 amide bonds. The summed E-state index contributed by atoms with van der Waals surface area (Å²) < 4.78 is 33.7. The molecule has 0 unspecified atom stereocenters. The minimum Gasteiger partial charge on any atom is -0.495 e. The normalized spacial score (nSPS) is 12.7. The van der Waals surface area contributed by atoms with Gasteiger partial charge in [-0.15, -0.1) is 0 Å². The zero-order chi connectivity index (χ0) is 19.8. The predicted octanol–water partition coefficient (Wildman–Crippen LogP) is 4.55. The van der Waals surface area contributed by atoms with E-state index >= 15 is 0 Å². The van der Waals surface area contributed by atoms with E-state index in [0.717, 1.165) is 29.8 Å². The number of fused-ring (bicyclic) bond motifs is 1. The third-order valence-electron chi connectivity index (χ3n) is 4.70. The second-order valence-corrected chi connectivity index (χ2v) is 6.87. The standard InChI is InChI=1S/C20H16ClF2N3O2/c1-28-18-8-5-11(21)9-16(18)24-20(27)19-13-3-2-4-17(13)26(25-19)12-6-7-14(22)15(23)10-12/h5-10H,2-4H2,1H3,(H,24,27). The Kier molecular flexibility index (Phi) is 4.77. The van der Waals surface area contributed by atoms with E-state index in [9.17, 15) is 13.6 Å². The van der Waals surface area contributed by atoms with Crippen molar-refractivity contribution in [1.29, 1.82) is 0 Å². The molecular weight excluding hydrogens is 388 g/mol. The van der Waals surface area contributed by atoms with Gasteiger partial charge in [-0.05, 0) is 49.6 Å². The summed E-state index contributed by atoms with van der Waals surface area (Å²) in [6.45, 7) is 0. The molecule has 5 nitrogen and oxygen atoms in total. The lowest BCUT2D eigenvalue weighted by molar-refractivity contribution is 0.102. The van der Waals surface area contributed by atoms with Crippen LogP contribution in [0.5, 0.6) is 5.75 Å². The highest BCUT2D eigenvalue weighted by atomic mass is 35.5. The lowest BCUT2D eigenvalue weighted by Gasteiger charge is -2.10. The van der Waals surface area contributed by atoms with Gasteiger partial charge >= 0.3 is 0 Å². The highest BCUT2D eigenvalue weighted by Crippen LogP contribution is 2.31. The number of halogens is 3. The fourth-order valence-corrected chi connectivity index (χ4v) is 3.58. The zero-order valence-electron chi connectivity index (χ0n) is 14.9. The van der Waals surface area contributed by atoms with Gasteiger partial charge in [0.05, 0.1) is 18.5 Å². The predicted molar refractivity (Wildman–Crippen MR) is 101 cm³/mol. The van der Waals surface area contributed by atoms with Gasteiger partial charge in [-0.25, -0.2) is 13.5 Å². The van der Waals surface area contributed by atoms with E-state index in [1.165, 1.54) is 17.9 Å². The number of methoxy groups -OCH3 is 1. The van der Waals surface area contributed by atoms with Crippen LogP contribution < -0.4 is 10.1 Å². The van der Waals surface area contributed by atoms with Gasteiger partial charge in [-0.2, -0.15) is 5.10 Å². The van der Waals surface area contributed by atoms with Gasteiger partial charge in [0, 0.05) is 22.3 Å². The van der Waals surface area contributed by atoms with Crippen LogP contribution in [0.1, 0.15) is 28.2 Å². The molecule has 0 bridgehead atoms. The Bertz CT molecular complexity index is 1080. The molecule has 28 heavy (non-hydrogen) atoms. The number of nitrogens with zero attached hydrogens (tertiary/aromatic N) is 2. The van der Waals surface area contributed by atoms with Crippen LogP contribution >= 0.6 is 11.6 Å². The average Bonchev–Trinajstić information content (AvgIpc) is 3.27. The monoisotopic (exact) mass is 403 g/mol. The van der Waals surface area contributed by atoms with Crippen molar-refractivity contribution in [2.24, 2.45) is 0 Å². The number of hydrogen-bond acceptors (Lipinski definition) is 3. The second-order valence-electron chi connectivity index (χ2n) is 6.44. The van der Waals surface area contributed by atoms with Gasteiger partial charge in [0.15, 0.2) is 17.3 Å². The van der Waals surface area contributed by atoms with Gasteiger partial charge in [-0.3, -0.25) is 4.79 Å². The van der Waals surface area contributed by atoms with Crippen LogP contribution in [0.25, 0.3) is 5.69 Å². The zero-order valence-corrected chi connectivity index (χ0v) is 15.7. The Balaban J connectivity index is 1.72. The van der Waals surface area contributed by atoms with Gasteiger partial charge in [-0.1, -0.05) is 11.6 Å². The molecule has 2 aromatic carbocycles. The molecule has 4 rings (SSSR count). The van der Waals surface area contributed by atoms with Crippen molar-refractivity contribution in [2.75, 3.05) is 12.4 Å². The molecule has 3 aromatic rings. The van der Waals surface area contributed by atoms with E-state index in [2.05, 4.69) is 10.4 Å². The first-order valence-corrected chi connectivity index (χ1v) is 9.07. The Morgan fingerprint density at radius 3 is 2.75 bits per heavy atom. The van der Waals surface area contributed by atoms with Crippen molar-refractivity contribution >= 4 is 23.2 Å². The molecule has 0 spiro atoms. The lowest BCUT2D eigenvalue weighted by atomic mass is 10.2. The van der Waals surface area contributed by atoms with E-state index in [-0.39, 0.29) is 5.69 Å². The molecule has 8 heteroatoms. The van der Waals surface area contributed by atoms with Crippen molar-refractivity contribution in [3.63, 3.8) is 0 Å². The highest BCUT2D eigenvalue weighted by molar-refractivity contribution is 6.31. The molecule has 1 aromatic heterocycles. The molecule has 1 heterocycles. The number of aromatic nitrogens is 2. The molecule has 0 atom stereocenters. The summed E-state index contributed by atoms with van der Waals surface area (Å²) in [5.74, 6) is -1.84. The number of anilines is 1. The number of nitrogens with one attached hydrogen (secondary N) is 1. The number of carbonyl (C=O) groups is 1. The highest BCUT2D eigenvalue weighted by Gasteiger charge is 2.27. The largest absolute Gasteiger partial charge is 0.495 e. The Morgan fingerprint density at radius 2 is 2.00 bits per heavy atom. The number of rotatable bonds is 4. The maximum Gasteiger partial charge on any atom is 0.276 e. The van der Waals surface area contributed by atoms with E-state index in [0.29, 0.717) is 35.0 Å². The maximum absolute atomic E-state index is 13.7. The summed E-state index contributed by atoms with van der Waals surface area (Å²) in [6.07, 6.45) is 2.25. The molecule has 1 N–H and O–H groups in total.